The molecular formula is C14H21NO2S. The first-order valence-corrected chi connectivity index (χ1v) is 8.11. The molecule has 0 spiro atoms. The molecule has 1 aromatic carbocycles. The van der Waals surface area contributed by atoms with Gasteiger partial charge in [0.05, 0.1) is 4.90 Å². The van der Waals surface area contributed by atoms with Crippen molar-refractivity contribution in [2.24, 2.45) is 5.92 Å². The number of sulfonamides is 1. The zero-order valence-electron chi connectivity index (χ0n) is 11.0. The summed E-state index contributed by atoms with van der Waals surface area (Å²) in [6, 6.07) is 7.26. The first-order valence-electron chi connectivity index (χ1n) is 6.62. The van der Waals surface area contributed by atoms with Crippen LogP contribution in [0.15, 0.2) is 29.2 Å². The Kier molecular flexibility index (Phi) is 4.07. The normalized spacial score (nSPS) is 24.3. The molecule has 18 heavy (non-hydrogen) atoms. The Hall–Kier alpha value is -0.870. The summed E-state index contributed by atoms with van der Waals surface area (Å²) in [5.41, 5.74) is 1.16. The fraction of sp³-hybridized carbons (Fsp3) is 0.571. The smallest absolute Gasteiger partial charge is 0.208 e. The lowest BCUT2D eigenvalue weighted by atomic mass is 10.1. The summed E-state index contributed by atoms with van der Waals surface area (Å²) >= 11 is 0. The molecule has 0 amide bonds. The van der Waals surface area contributed by atoms with Gasteiger partial charge in [0.25, 0.3) is 0 Å². The molecule has 100 valence electrons. The molecular weight excluding hydrogens is 246 g/mol. The van der Waals surface area contributed by atoms with Crippen molar-refractivity contribution in [1.29, 1.82) is 0 Å². The van der Waals surface area contributed by atoms with E-state index in [0.29, 0.717) is 10.8 Å². The second kappa shape index (κ2) is 5.41. The van der Waals surface area contributed by atoms with Gasteiger partial charge in [-0.2, -0.15) is 0 Å². The molecule has 0 aliphatic heterocycles. The van der Waals surface area contributed by atoms with Gasteiger partial charge in [-0.15, -0.1) is 0 Å². The predicted molar refractivity (Wildman–Crippen MR) is 72.9 cm³/mol. The van der Waals surface area contributed by atoms with Gasteiger partial charge in [-0.25, -0.2) is 13.1 Å². The van der Waals surface area contributed by atoms with Crippen molar-refractivity contribution >= 4 is 10.0 Å². The van der Waals surface area contributed by atoms with E-state index in [0.717, 1.165) is 31.2 Å². The van der Waals surface area contributed by atoms with Gasteiger partial charge in [0, 0.05) is 6.04 Å². The molecule has 0 saturated heterocycles. The van der Waals surface area contributed by atoms with Crippen molar-refractivity contribution in [2.75, 3.05) is 0 Å². The number of aryl methyl sites for hydroxylation is 1. The van der Waals surface area contributed by atoms with Gasteiger partial charge in [0.2, 0.25) is 10.0 Å². The van der Waals surface area contributed by atoms with Crippen LogP contribution in [0.4, 0.5) is 0 Å². The summed E-state index contributed by atoms with van der Waals surface area (Å²) < 4.78 is 27.2. The molecule has 1 saturated carbocycles. The van der Waals surface area contributed by atoms with Gasteiger partial charge in [-0.05, 0) is 49.3 Å². The Bertz CT molecular complexity index is 493. The van der Waals surface area contributed by atoms with Crippen LogP contribution in [0, 0.1) is 5.92 Å². The van der Waals surface area contributed by atoms with Gasteiger partial charge < -0.3 is 0 Å². The van der Waals surface area contributed by atoms with Crippen LogP contribution in [0.2, 0.25) is 0 Å². The van der Waals surface area contributed by atoms with Crippen molar-refractivity contribution in [1.82, 2.24) is 4.72 Å². The largest absolute Gasteiger partial charge is 0.240 e. The summed E-state index contributed by atoms with van der Waals surface area (Å²) in [7, 11) is -3.34. The van der Waals surface area contributed by atoms with E-state index in [2.05, 4.69) is 18.6 Å². The summed E-state index contributed by atoms with van der Waals surface area (Å²) in [6.07, 6.45) is 3.94. The molecule has 1 aromatic rings. The highest BCUT2D eigenvalue weighted by Crippen LogP contribution is 2.26. The molecule has 0 aromatic heterocycles. The first-order chi connectivity index (χ1) is 8.51. The van der Waals surface area contributed by atoms with E-state index < -0.39 is 10.0 Å². The third-order valence-corrected chi connectivity index (χ3v) is 5.19. The fourth-order valence-electron chi connectivity index (χ4n) is 2.51. The minimum absolute atomic E-state index is 0.107. The number of hydrogen-bond donors (Lipinski definition) is 1. The van der Waals surface area contributed by atoms with E-state index in [1.54, 1.807) is 12.1 Å². The molecule has 0 bridgehead atoms. The first kappa shape index (κ1) is 13.6. The molecule has 2 rings (SSSR count). The van der Waals surface area contributed by atoms with Crippen molar-refractivity contribution in [2.45, 2.75) is 50.5 Å². The van der Waals surface area contributed by atoms with Crippen LogP contribution < -0.4 is 4.72 Å². The van der Waals surface area contributed by atoms with E-state index in [9.17, 15) is 8.42 Å². The predicted octanol–water partition coefficient (Wildman–Crippen LogP) is 2.72. The Labute approximate surface area is 110 Å². The lowest BCUT2D eigenvalue weighted by Crippen LogP contribution is -2.32. The van der Waals surface area contributed by atoms with Crippen molar-refractivity contribution in [3.63, 3.8) is 0 Å². The second-order valence-corrected chi connectivity index (χ2v) is 6.95. The van der Waals surface area contributed by atoms with E-state index in [4.69, 9.17) is 0 Å². The van der Waals surface area contributed by atoms with Crippen LogP contribution in [0.5, 0.6) is 0 Å². The van der Waals surface area contributed by atoms with Crippen LogP contribution in [0.1, 0.15) is 38.7 Å². The van der Waals surface area contributed by atoms with E-state index in [1.165, 1.54) is 0 Å². The maximum Gasteiger partial charge on any atom is 0.240 e. The highest BCUT2D eigenvalue weighted by atomic mass is 32.2. The topological polar surface area (TPSA) is 46.2 Å². The van der Waals surface area contributed by atoms with E-state index >= 15 is 0 Å². The van der Waals surface area contributed by atoms with Crippen LogP contribution in [0.25, 0.3) is 0 Å². The molecule has 1 aliphatic rings. The zero-order chi connectivity index (χ0) is 13.2. The summed E-state index contributed by atoms with van der Waals surface area (Å²) in [5, 5.41) is 0. The van der Waals surface area contributed by atoms with Gasteiger partial charge in [0.1, 0.15) is 0 Å². The molecule has 1 aliphatic carbocycles. The van der Waals surface area contributed by atoms with E-state index in [-0.39, 0.29) is 6.04 Å². The SMILES string of the molecule is CCc1ccc(S(=O)(=O)NC2CCC(C)C2)cc1. The molecule has 0 radical (unpaired) electrons. The molecule has 2 atom stereocenters. The van der Waals surface area contributed by atoms with Gasteiger partial charge >= 0.3 is 0 Å². The minimum Gasteiger partial charge on any atom is -0.208 e. The Balaban J connectivity index is 2.10. The van der Waals surface area contributed by atoms with Crippen LogP contribution in [-0.4, -0.2) is 14.5 Å². The highest BCUT2D eigenvalue weighted by Gasteiger charge is 2.26. The standard InChI is InChI=1S/C14H21NO2S/c1-3-12-5-8-14(9-6-12)18(16,17)15-13-7-4-11(2)10-13/h5-6,8-9,11,13,15H,3-4,7,10H2,1-2H3. The minimum atomic E-state index is -3.34. The average molecular weight is 267 g/mol. The maximum absolute atomic E-state index is 12.2. The maximum atomic E-state index is 12.2. The number of benzene rings is 1. The molecule has 3 nitrogen and oxygen atoms in total. The van der Waals surface area contributed by atoms with Crippen LogP contribution >= 0.6 is 0 Å². The molecule has 0 heterocycles. The zero-order valence-corrected chi connectivity index (χ0v) is 11.8. The fourth-order valence-corrected chi connectivity index (χ4v) is 3.79. The third kappa shape index (κ3) is 3.12. The average Bonchev–Trinajstić information content (AvgIpc) is 2.74. The van der Waals surface area contributed by atoms with Crippen LogP contribution in [-0.2, 0) is 16.4 Å². The monoisotopic (exact) mass is 267 g/mol. The summed E-state index contributed by atoms with van der Waals surface area (Å²) in [4.78, 5) is 0.374. The number of nitrogens with one attached hydrogen (secondary N) is 1. The van der Waals surface area contributed by atoms with Crippen LogP contribution in [0.3, 0.4) is 0 Å². The van der Waals surface area contributed by atoms with Crippen molar-refractivity contribution in [3.8, 4) is 0 Å². The Morgan fingerprint density at radius 2 is 1.89 bits per heavy atom. The summed E-state index contributed by atoms with van der Waals surface area (Å²) in [5.74, 6) is 0.625. The molecule has 2 unspecified atom stereocenters. The van der Waals surface area contributed by atoms with Gasteiger partial charge in [0.15, 0.2) is 0 Å². The van der Waals surface area contributed by atoms with E-state index in [1.807, 2.05) is 12.1 Å². The highest BCUT2D eigenvalue weighted by molar-refractivity contribution is 7.89. The number of rotatable bonds is 4. The summed E-state index contributed by atoms with van der Waals surface area (Å²) in [6.45, 7) is 4.23. The third-order valence-electron chi connectivity index (χ3n) is 3.66. The number of hydrogen-bond acceptors (Lipinski definition) is 2. The van der Waals surface area contributed by atoms with Gasteiger partial charge in [-0.3, -0.25) is 0 Å². The molecule has 1 fully saturated rings. The Morgan fingerprint density at radius 3 is 2.39 bits per heavy atom. The Morgan fingerprint density at radius 1 is 1.22 bits per heavy atom. The molecule has 4 heteroatoms. The van der Waals surface area contributed by atoms with Crippen molar-refractivity contribution < 1.29 is 8.42 Å². The molecule has 1 N–H and O–H groups in total. The van der Waals surface area contributed by atoms with Gasteiger partial charge in [-0.1, -0.05) is 26.0 Å². The lowest BCUT2D eigenvalue weighted by Gasteiger charge is -2.13. The lowest BCUT2D eigenvalue weighted by molar-refractivity contribution is 0.538. The second-order valence-electron chi connectivity index (χ2n) is 5.23. The van der Waals surface area contributed by atoms with Crippen molar-refractivity contribution in [3.05, 3.63) is 29.8 Å². The quantitative estimate of drug-likeness (QED) is 0.911.